The van der Waals surface area contributed by atoms with E-state index in [-0.39, 0.29) is 31.8 Å². The molecule has 5 aliphatic heterocycles. The fourth-order valence-electron chi connectivity index (χ4n) is 7.13. The van der Waals surface area contributed by atoms with Crippen LogP contribution in [0, 0.1) is 0 Å². The number of ether oxygens (including phenoxy) is 10. The van der Waals surface area contributed by atoms with Crippen LogP contribution in [-0.4, -0.2) is 123 Å². The second kappa shape index (κ2) is 45.6. The molecular formula is C72H96N2O12. The van der Waals surface area contributed by atoms with Crippen LogP contribution in [0.15, 0.2) is 212 Å². The summed E-state index contributed by atoms with van der Waals surface area (Å²) in [5.41, 5.74) is 3.86. The molecule has 5 saturated heterocycles. The third-order valence-electron chi connectivity index (χ3n) is 11.3. The van der Waals surface area contributed by atoms with Crippen LogP contribution < -0.4 is 24.0 Å². The Morgan fingerprint density at radius 3 is 0.884 bits per heavy atom. The van der Waals surface area contributed by atoms with E-state index in [1.54, 1.807) is 48.3 Å². The largest absolute Gasteiger partial charge is 0.491 e. The number of para-hydroxylation sites is 3. The van der Waals surface area contributed by atoms with Gasteiger partial charge >= 0.3 is 12.2 Å². The zero-order valence-electron chi connectivity index (χ0n) is 53.1. The highest BCUT2D eigenvalue weighted by Crippen LogP contribution is 2.26. The normalized spacial score (nSPS) is 17.7. The number of hydrogen-bond acceptors (Lipinski definition) is 12. The number of anilines is 2. The van der Waals surface area contributed by atoms with Crippen LogP contribution in [0.2, 0.25) is 0 Å². The van der Waals surface area contributed by atoms with Gasteiger partial charge in [0.05, 0.1) is 48.9 Å². The molecule has 0 saturated carbocycles. The first-order chi connectivity index (χ1) is 42.4. The zero-order chi connectivity index (χ0) is 62.7. The molecular weight excluding hydrogens is 1080 g/mol. The van der Waals surface area contributed by atoms with Crippen molar-refractivity contribution < 1.29 is 59.7 Å². The lowest BCUT2D eigenvalue weighted by Crippen LogP contribution is -2.25. The summed E-state index contributed by atoms with van der Waals surface area (Å²) in [4.78, 5) is 27.4. The lowest BCUT2D eigenvalue weighted by Gasteiger charge is -2.14. The van der Waals surface area contributed by atoms with Gasteiger partial charge in [-0.05, 0) is 78.2 Å². The molecule has 0 aromatic heterocycles. The van der Waals surface area contributed by atoms with Crippen molar-refractivity contribution in [2.75, 3.05) is 90.0 Å². The van der Waals surface area contributed by atoms with Gasteiger partial charge in [0.15, 0.2) is 0 Å². The summed E-state index contributed by atoms with van der Waals surface area (Å²) in [5.74, 6) is 2.76. The number of carbonyl (C=O) groups excluding carboxylic acids is 2. The number of rotatable bonds is 17. The predicted molar refractivity (Wildman–Crippen MR) is 347 cm³/mol. The number of amides is 2. The first-order valence-corrected chi connectivity index (χ1v) is 29.5. The minimum atomic E-state index is -0.349. The zero-order valence-corrected chi connectivity index (χ0v) is 51.1. The number of hydrogen-bond donors (Lipinski definition) is 0. The van der Waals surface area contributed by atoms with Crippen molar-refractivity contribution in [2.45, 2.75) is 105 Å². The van der Waals surface area contributed by atoms with Gasteiger partial charge in [-0.25, -0.2) is 9.59 Å². The standard InChI is InChI=1S/C23H26N2O6.3C9H10O2.2C6H6.3C3H8.CH4/c1-28-14-20-12-24(22(26)30-20)18-7-3-16(4-8-18)11-17-5-9-19(10-6-17)25-13-21(15-29-2)31-23(25)27;3*1-2-4-8(5-3-1)10-6-9-7-11-9;2*1-2-4-6-5-3-1;3*1-3-2;/h3-10,20-21H,11-15H2,1-2H3;3*1-5,9H,6-7H2;2*1-6H;3*3H2,1-2H3;1H4/i;;;;2*1T;;;;. The summed E-state index contributed by atoms with van der Waals surface area (Å²) in [5, 5.41) is 0. The molecule has 5 aliphatic rings. The molecule has 5 fully saturated rings. The third-order valence-corrected chi connectivity index (χ3v) is 11.3. The number of cyclic esters (lactones) is 2. The molecule has 7 aromatic rings. The lowest BCUT2D eigenvalue weighted by atomic mass is 10.0. The predicted octanol–water partition coefficient (Wildman–Crippen LogP) is 15.9. The Labute approximate surface area is 517 Å². The van der Waals surface area contributed by atoms with Crippen LogP contribution in [0.4, 0.5) is 21.0 Å². The molecule has 14 nitrogen and oxygen atoms in total. The van der Waals surface area contributed by atoms with Crippen LogP contribution in [0.1, 0.15) is 82.1 Å². The maximum absolute atomic E-state index is 12.1. The van der Waals surface area contributed by atoms with Gasteiger partial charge in [-0.2, -0.15) is 0 Å². The minimum Gasteiger partial charge on any atom is -0.491 e. The maximum atomic E-state index is 12.1. The number of benzene rings is 7. The Hall–Kier alpha value is -7.72. The van der Waals surface area contributed by atoms with Crippen LogP contribution in [-0.2, 0) is 39.6 Å². The average Bonchev–Trinajstić information content (AvgIpc) is 4.26. The lowest BCUT2D eigenvalue weighted by molar-refractivity contribution is 0.0715. The molecule has 0 spiro atoms. The van der Waals surface area contributed by atoms with Gasteiger partial charge in [0.25, 0.3) is 0 Å². The van der Waals surface area contributed by atoms with E-state index < -0.39 is 0 Å². The Balaban J connectivity index is 0.000000294. The highest BCUT2D eigenvalue weighted by atomic mass is 16.6. The van der Waals surface area contributed by atoms with E-state index in [0.29, 0.717) is 76.5 Å². The summed E-state index contributed by atoms with van der Waals surface area (Å²) in [6.07, 6.45) is 4.34. The first kappa shape index (κ1) is 69.1. The summed E-state index contributed by atoms with van der Waals surface area (Å²) < 4.78 is 65.9. The SMILES string of the molecule is C.CCC.CCC.CCC.COCC1CN(c2ccc(Cc3ccc(N4CC(COC)OC4=O)cc3)cc2)C(=O)O1.[3H]c1ccccc1.[3H]c1ccccc1.c1ccc(OCC2CO2)cc1.c1ccc(OCC2CO2)cc1.c1ccc(OCC2CO2)cc1. The van der Waals surface area contributed by atoms with Crippen molar-refractivity contribution in [1.82, 2.24) is 0 Å². The maximum Gasteiger partial charge on any atom is 0.414 e. The Morgan fingerprint density at radius 1 is 0.395 bits per heavy atom. The first-order valence-electron chi connectivity index (χ1n) is 30.5. The molecule has 0 bridgehead atoms. The van der Waals surface area contributed by atoms with E-state index in [4.69, 9.17) is 50.1 Å². The van der Waals surface area contributed by atoms with Gasteiger partial charge in [0.2, 0.25) is 0 Å². The van der Waals surface area contributed by atoms with Gasteiger partial charge in [-0.3, -0.25) is 9.80 Å². The fraction of sp³-hybridized carbons (Fsp3) is 0.389. The number of carbonyl (C=O) groups is 2. The summed E-state index contributed by atoms with van der Waals surface area (Å²) in [6, 6.07) is 64.4. The molecule has 2 amide bonds. The Bertz CT molecular complexity index is 2560. The average molecular weight is 1190 g/mol. The van der Waals surface area contributed by atoms with Gasteiger partial charge in [0, 0.05) is 25.6 Å². The van der Waals surface area contributed by atoms with Gasteiger partial charge in [-0.15, -0.1) is 0 Å². The smallest absolute Gasteiger partial charge is 0.414 e. The molecule has 12 rings (SSSR count). The molecule has 5 atom stereocenters. The van der Waals surface area contributed by atoms with Crippen molar-refractivity contribution in [3.8, 4) is 17.2 Å². The van der Waals surface area contributed by atoms with Gasteiger partial charge < -0.3 is 47.4 Å². The summed E-state index contributed by atoms with van der Waals surface area (Å²) in [6.45, 7) is 19.1. The van der Waals surface area contributed by atoms with E-state index in [9.17, 15) is 9.59 Å². The van der Waals surface area contributed by atoms with Crippen molar-refractivity contribution in [3.63, 3.8) is 0 Å². The topological polar surface area (TPSA) is 143 Å². The van der Waals surface area contributed by atoms with Crippen LogP contribution >= 0.6 is 0 Å². The van der Waals surface area contributed by atoms with Crippen LogP contribution in [0.3, 0.4) is 0 Å². The van der Waals surface area contributed by atoms with E-state index >= 15 is 0 Å². The van der Waals surface area contributed by atoms with Crippen molar-refractivity contribution >= 4 is 23.6 Å². The second-order valence-electron chi connectivity index (χ2n) is 19.7. The van der Waals surface area contributed by atoms with E-state index in [1.807, 2.05) is 176 Å². The molecule has 5 unspecified atom stereocenters. The van der Waals surface area contributed by atoms with Crippen molar-refractivity contribution in [3.05, 3.63) is 223 Å². The van der Waals surface area contributed by atoms with Crippen molar-refractivity contribution in [1.29, 1.82) is 0 Å². The molecule has 86 heavy (non-hydrogen) atoms. The number of epoxide rings is 3. The Morgan fingerprint density at radius 2 is 0.651 bits per heavy atom. The van der Waals surface area contributed by atoms with Crippen LogP contribution in [0.25, 0.3) is 0 Å². The molecule has 0 N–H and O–H groups in total. The number of methoxy groups -OCH3 is 2. The van der Waals surface area contributed by atoms with Crippen LogP contribution in [0.5, 0.6) is 17.2 Å². The quantitative estimate of drug-likeness (QED) is 0.0801. The van der Waals surface area contributed by atoms with E-state index in [2.05, 4.69) is 41.5 Å². The highest BCUT2D eigenvalue weighted by Gasteiger charge is 2.33. The third kappa shape index (κ3) is 33.1. The molecule has 5 heterocycles. The Kier molecular flexibility index (Phi) is 36.6. The molecule has 7 aromatic carbocycles. The monoisotopic (exact) mass is 1180 g/mol. The molecule has 0 radical (unpaired) electrons. The summed E-state index contributed by atoms with van der Waals surface area (Å²) >= 11 is 0. The fourth-order valence-corrected chi connectivity index (χ4v) is 7.13. The summed E-state index contributed by atoms with van der Waals surface area (Å²) in [7, 11) is 3.18. The van der Waals surface area contributed by atoms with Crippen molar-refractivity contribution in [2.24, 2.45) is 0 Å². The second-order valence-corrected chi connectivity index (χ2v) is 19.7. The molecule has 14 heteroatoms. The van der Waals surface area contributed by atoms with E-state index in [1.165, 1.54) is 19.3 Å². The highest BCUT2D eigenvalue weighted by molar-refractivity contribution is 5.90. The van der Waals surface area contributed by atoms with Gasteiger partial charge in [0.1, 0.15) is 67.6 Å². The minimum absolute atomic E-state index is 0. The number of nitrogens with zero attached hydrogens (tertiary/aromatic N) is 2. The van der Waals surface area contributed by atoms with E-state index in [0.717, 1.165) is 66.0 Å². The molecule has 466 valence electrons. The van der Waals surface area contributed by atoms with Gasteiger partial charge in [-0.1, -0.05) is 220 Å². The molecule has 0 aliphatic carbocycles.